The van der Waals surface area contributed by atoms with E-state index in [2.05, 4.69) is 39.8 Å². The number of halogens is 3. The lowest BCUT2D eigenvalue weighted by Gasteiger charge is -2.17. The number of rotatable bonds is 6. The maximum Gasteiger partial charge on any atom is 0.416 e. The molecule has 1 aliphatic rings. The second-order valence-electron chi connectivity index (χ2n) is 7.25. The molecule has 0 bridgehead atoms. The minimum absolute atomic E-state index is 0.126. The van der Waals surface area contributed by atoms with Crippen molar-refractivity contribution in [1.82, 2.24) is 5.32 Å². The van der Waals surface area contributed by atoms with E-state index in [0.29, 0.717) is 13.0 Å². The average Bonchev–Trinajstić information content (AvgIpc) is 3.26. The van der Waals surface area contributed by atoms with Crippen LogP contribution in [0.5, 0.6) is 0 Å². The Balaban J connectivity index is 1.38. The number of nitrogens with zero attached hydrogens (tertiary/aromatic N) is 1. The molecule has 0 radical (unpaired) electrons. The van der Waals surface area contributed by atoms with Crippen molar-refractivity contribution in [2.45, 2.75) is 31.9 Å². The summed E-state index contributed by atoms with van der Waals surface area (Å²) in [6.45, 7) is 2.52. The van der Waals surface area contributed by atoms with E-state index in [1.165, 1.54) is 18.5 Å². The Morgan fingerprint density at radius 2 is 1.53 bits per heavy atom. The molecule has 3 rings (SSSR count). The highest BCUT2D eigenvalue weighted by molar-refractivity contribution is 6.39. The van der Waals surface area contributed by atoms with E-state index in [1.807, 2.05) is 0 Å². The number of carbonyl (C=O) groups is 2. The standard InChI is InChI=1S/C22H24F3N3O2/c23-22(24,25)17-7-9-18(10-8-17)27-21(30)20(29)26-13-3-4-16-5-11-19(12-6-16)28-14-1-2-15-28/h5-12H,1-4,13-15H2,(H,26,29)(H,27,30). The number of carbonyl (C=O) groups excluding carboxylic acids is 2. The number of hydrogen-bond donors (Lipinski definition) is 2. The molecule has 0 atom stereocenters. The van der Waals surface area contributed by atoms with Crippen LogP contribution in [0.15, 0.2) is 48.5 Å². The fourth-order valence-electron chi connectivity index (χ4n) is 3.35. The van der Waals surface area contributed by atoms with Crippen molar-refractivity contribution >= 4 is 23.2 Å². The maximum atomic E-state index is 12.5. The van der Waals surface area contributed by atoms with Crippen LogP contribution in [0, 0.1) is 0 Å². The first kappa shape index (κ1) is 21.7. The number of hydrogen-bond acceptors (Lipinski definition) is 3. The van der Waals surface area contributed by atoms with Crippen molar-refractivity contribution in [1.29, 1.82) is 0 Å². The Kier molecular flexibility index (Phi) is 6.97. The summed E-state index contributed by atoms with van der Waals surface area (Å²) in [6, 6.07) is 12.3. The highest BCUT2D eigenvalue weighted by atomic mass is 19.4. The monoisotopic (exact) mass is 419 g/mol. The third-order valence-electron chi connectivity index (χ3n) is 5.01. The van der Waals surface area contributed by atoms with Gasteiger partial charge in [0.25, 0.3) is 0 Å². The molecule has 0 aliphatic carbocycles. The van der Waals surface area contributed by atoms with E-state index in [9.17, 15) is 22.8 Å². The van der Waals surface area contributed by atoms with Gasteiger partial charge in [-0.05, 0) is 67.6 Å². The maximum absolute atomic E-state index is 12.5. The van der Waals surface area contributed by atoms with Gasteiger partial charge in [0.15, 0.2) is 0 Å². The lowest BCUT2D eigenvalue weighted by atomic mass is 10.1. The van der Waals surface area contributed by atoms with Gasteiger partial charge in [0.1, 0.15) is 0 Å². The number of anilines is 2. The smallest absolute Gasteiger partial charge is 0.372 e. The first-order chi connectivity index (χ1) is 14.3. The Morgan fingerprint density at radius 1 is 0.900 bits per heavy atom. The van der Waals surface area contributed by atoms with E-state index in [-0.39, 0.29) is 5.69 Å². The average molecular weight is 419 g/mol. The number of nitrogens with one attached hydrogen (secondary N) is 2. The number of benzene rings is 2. The third-order valence-corrected chi connectivity index (χ3v) is 5.01. The van der Waals surface area contributed by atoms with E-state index in [1.54, 1.807) is 0 Å². The minimum Gasteiger partial charge on any atom is -0.372 e. The molecule has 8 heteroatoms. The van der Waals surface area contributed by atoms with E-state index in [0.717, 1.165) is 49.3 Å². The van der Waals surface area contributed by atoms with Crippen molar-refractivity contribution in [3.05, 3.63) is 59.7 Å². The predicted molar refractivity (Wildman–Crippen MR) is 109 cm³/mol. The van der Waals surface area contributed by atoms with Crippen LogP contribution in [-0.4, -0.2) is 31.4 Å². The van der Waals surface area contributed by atoms with Crippen molar-refractivity contribution in [2.75, 3.05) is 29.9 Å². The highest BCUT2D eigenvalue weighted by Gasteiger charge is 2.30. The summed E-state index contributed by atoms with van der Waals surface area (Å²) in [7, 11) is 0. The molecule has 2 amide bonds. The van der Waals surface area contributed by atoms with Gasteiger partial charge in [-0.15, -0.1) is 0 Å². The molecule has 1 saturated heterocycles. The molecule has 2 aromatic rings. The SMILES string of the molecule is O=C(NCCCc1ccc(N2CCCC2)cc1)C(=O)Nc1ccc(C(F)(F)F)cc1. The number of amides is 2. The second kappa shape index (κ2) is 9.65. The van der Waals surface area contributed by atoms with Gasteiger partial charge >= 0.3 is 18.0 Å². The summed E-state index contributed by atoms with van der Waals surface area (Å²) in [6.07, 6.45) is -0.556. The highest BCUT2D eigenvalue weighted by Crippen LogP contribution is 2.29. The first-order valence-corrected chi connectivity index (χ1v) is 9.93. The molecule has 0 unspecified atom stereocenters. The van der Waals surface area contributed by atoms with Crippen LogP contribution in [0.3, 0.4) is 0 Å². The van der Waals surface area contributed by atoms with Crippen LogP contribution in [-0.2, 0) is 22.2 Å². The van der Waals surface area contributed by atoms with Gasteiger partial charge in [-0.3, -0.25) is 9.59 Å². The van der Waals surface area contributed by atoms with Crippen molar-refractivity contribution < 1.29 is 22.8 Å². The van der Waals surface area contributed by atoms with Crippen LogP contribution in [0.25, 0.3) is 0 Å². The summed E-state index contributed by atoms with van der Waals surface area (Å²) in [5.74, 6) is -1.73. The van der Waals surface area contributed by atoms with Gasteiger partial charge in [0.05, 0.1) is 5.56 Å². The normalized spacial score (nSPS) is 13.9. The Labute approximate surface area is 173 Å². The largest absolute Gasteiger partial charge is 0.416 e. The van der Waals surface area contributed by atoms with Crippen LogP contribution in [0.4, 0.5) is 24.5 Å². The predicted octanol–water partition coefficient (Wildman–Crippen LogP) is 3.99. The molecule has 1 aliphatic heterocycles. The quantitative estimate of drug-likeness (QED) is 0.550. The molecule has 1 heterocycles. The van der Waals surface area contributed by atoms with Crippen LogP contribution >= 0.6 is 0 Å². The second-order valence-corrected chi connectivity index (χ2v) is 7.25. The summed E-state index contributed by atoms with van der Waals surface area (Å²) in [4.78, 5) is 26.1. The fourth-order valence-corrected chi connectivity index (χ4v) is 3.35. The van der Waals surface area contributed by atoms with E-state index < -0.39 is 23.6 Å². The van der Waals surface area contributed by atoms with Gasteiger partial charge in [-0.2, -0.15) is 13.2 Å². The Morgan fingerprint density at radius 3 is 2.13 bits per heavy atom. The zero-order chi connectivity index (χ0) is 21.6. The van der Waals surface area contributed by atoms with Gasteiger partial charge in [-0.25, -0.2) is 0 Å². The zero-order valence-electron chi connectivity index (χ0n) is 16.5. The molecule has 0 aromatic heterocycles. The molecule has 0 spiro atoms. The number of alkyl halides is 3. The van der Waals surface area contributed by atoms with Gasteiger partial charge in [-0.1, -0.05) is 12.1 Å². The summed E-state index contributed by atoms with van der Waals surface area (Å²) < 4.78 is 37.6. The zero-order valence-corrected chi connectivity index (χ0v) is 16.5. The van der Waals surface area contributed by atoms with Gasteiger partial charge in [0, 0.05) is 31.0 Å². The Bertz CT molecular complexity index is 859. The van der Waals surface area contributed by atoms with Crippen molar-refractivity contribution in [2.24, 2.45) is 0 Å². The molecule has 0 saturated carbocycles. The van der Waals surface area contributed by atoms with Crippen molar-refractivity contribution in [3.63, 3.8) is 0 Å². The lowest BCUT2D eigenvalue weighted by molar-refractivity contribution is -0.137. The molecule has 30 heavy (non-hydrogen) atoms. The summed E-state index contributed by atoms with van der Waals surface area (Å²) in [5.41, 5.74) is 1.69. The van der Waals surface area contributed by atoms with Crippen LogP contribution in [0.1, 0.15) is 30.4 Å². The summed E-state index contributed by atoms with van der Waals surface area (Å²) >= 11 is 0. The fraction of sp³-hybridized carbons (Fsp3) is 0.364. The van der Waals surface area contributed by atoms with Gasteiger partial charge < -0.3 is 15.5 Å². The van der Waals surface area contributed by atoms with Crippen LogP contribution in [0.2, 0.25) is 0 Å². The van der Waals surface area contributed by atoms with Crippen LogP contribution < -0.4 is 15.5 Å². The topological polar surface area (TPSA) is 61.4 Å². The molecule has 160 valence electrons. The molecular weight excluding hydrogens is 395 g/mol. The van der Waals surface area contributed by atoms with Crippen molar-refractivity contribution in [3.8, 4) is 0 Å². The Hall–Kier alpha value is -3.03. The first-order valence-electron chi connectivity index (χ1n) is 9.93. The van der Waals surface area contributed by atoms with E-state index >= 15 is 0 Å². The van der Waals surface area contributed by atoms with Gasteiger partial charge in [0.2, 0.25) is 0 Å². The molecule has 2 N–H and O–H groups in total. The molecular formula is C22H24F3N3O2. The number of aryl methyl sites for hydroxylation is 1. The third kappa shape index (κ3) is 5.98. The molecule has 2 aromatic carbocycles. The lowest BCUT2D eigenvalue weighted by Crippen LogP contribution is -2.36. The van der Waals surface area contributed by atoms with E-state index in [4.69, 9.17) is 0 Å². The molecule has 5 nitrogen and oxygen atoms in total. The molecule has 1 fully saturated rings. The minimum atomic E-state index is -4.45. The summed E-state index contributed by atoms with van der Waals surface area (Å²) in [5, 5.41) is 4.81.